The van der Waals surface area contributed by atoms with Crippen molar-refractivity contribution < 1.29 is 4.79 Å². The summed E-state index contributed by atoms with van der Waals surface area (Å²) in [6.45, 7) is 7.19. The van der Waals surface area contributed by atoms with Gasteiger partial charge in [0, 0.05) is 12.6 Å². The Morgan fingerprint density at radius 3 is 2.78 bits per heavy atom. The molecule has 0 aromatic carbocycles. The van der Waals surface area contributed by atoms with E-state index in [0.717, 1.165) is 24.6 Å². The minimum atomic E-state index is -0.350. The highest BCUT2D eigenvalue weighted by molar-refractivity contribution is 5.79. The van der Waals surface area contributed by atoms with E-state index in [9.17, 15) is 4.79 Å². The van der Waals surface area contributed by atoms with Gasteiger partial charge in [0.05, 0.1) is 6.54 Å². The molecule has 5 heteroatoms. The van der Waals surface area contributed by atoms with Crippen LogP contribution >= 0.6 is 0 Å². The van der Waals surface area contributed by atoms with Crippen LogP contribution in [0.25, 0.3) is 0 Å². The minimum absolute atomic E-state index is 0.173. The van der Waals surface area contributed by atoms with Crippen molar-refractivity contribution in [3.63, 3.8) is 0 Å². The van der Waals surface area contributed by atoms with E-state index in [4.69, 9.17) is 5.73 Å². The fraction of sp³-hybridized carbons (Fsp3) is 0.538. The van der Waals surface area contributed by atoms with Gasteiger partial charge in [0.25, 0.3) is 0 Å². The summed E-state index contributed by atoms with van der Waals surface area (Å²) < 4.78 is 0. The summed E-state index contributed by atoms with van der Waals surface area (Å²) >= 11 is 0. The molecule has 1 rings (SSSR count). The molecule has 0 saturated carbocycles. The summed E-state index contributed by atoms with van der Waals surface area (Å²) in [6, 6.07) is 5.91. The van der Waals surface area contributed by atoms with E-state index in [1.807, 2.05) is 36.9 Å². The van der Waals surface area contributed by atoms with E-state index in [2.05, 4.69) is 17.2 Å². The van der Waals surface area contributed by atoms with Crippen LogP contribution in [-0.2, 0) is 4.79 Å². The maximum atomic E-state index is 11.1. The molecule has 0 radical (unpaired) electrons. The number of rotatable bonds is 7. The smallest absolute Gasteiger partial charge is 0.237 e. The van der Waals surface area contributed by atoms with E-state index >= 15 is 0 Å². The molecule has 1 aromatic heterocycles. The molecule has 0 atom stereocenters. The number of carbonyl (C=O) groups excluding carboxylic acids is 1. The van der Waals surface area contributed by atoms with Gasteiger partial charge in [-0.1, -0.05) is 13.0 Å². The van der Waals surface area contributed by atoms with Gasteiger partial charge < -0.3 is 16.0 Å². The predicted molar refractivity (Wildman–Crippen MR) is 74.7 cm³/mol. The fourth-order valence-corrected chi connectivity index (χ4v) is 1.63. The Kier molecular flexibility index (Phi) is 5.42. The number of nitrogens with zero attached hydrogens (tertiary/aromatic N) is 2. The average Bonchev–Trinajstić information content (AvgIpc) is 2.33. The number of anilines is 2. The first-order chi connectivity index (χ1) is 8.54. The number of hydrogen-bond acceptors (Lipinski definition) is 4. The zero-order valence-electron chi connectivity index (χ0n) is 11.3. The molecule has 1 heterocycles. The second kappa shape index (κ2) is 6.83. The normalized spacial score (nSPS) is 10.4. The van der Waals surface area contributed by atoms with Gasteiger partial charge in [0.2, 0.25) is 5.91 Å². The van der Waals surface area contributed by atoms with Gasteiger partial charge >= 0.3 is 0 Å². The van der Waals surface area contributed by atoms with Gasteiger partial charge in [0.1, 0.15) is 11.6 Å². The van der Waals surface area contributed by atoms with Crippen LogP contribution in [0.15, 0.2) is 18.2 Å². The molecular weight excluding hydrogens is 228 g/mol. The summed E-state index contributed by atoms with van der Waals surface area (Å²) in [6.07, 6.45) is 1.04. The number of amides is 1. The van der Waals surface area contributed by atoms with Crippen molar-refractivity contribution in [3.05, 3.63) is 18.2 Å². The highest BCUT2D eigenvalue weighted by Gasteiger charge is 2.14. The third-order valence-corrected chi connectivity index (χ3v) is 2.53. The van der Waals surface area contributed by atoms with Crippen LogP contribution in [0.4, 0.5) is 11.6 Å². The van der Waals surface area contributed by atoms with Crippen LogP contribution in [0.1, 0.15) is 27.2 Å². The van der Waals surface area contributed by atoms with Crippen molar-refractivity contribution >= 4 is 17.5 Å². The minimum Gasteiger partial charge on any atom is -0.370 e. The molecule has 1 aromatic rings. The zero-order chi connectivity index (χ0) is 13.5. The first kappa shape index (κ1) is 14.3. The molecule has 0 fully saturated rings. The maximum absolute atomic E-state index is 11.1. The van der Waals surface area contributed by atoms with Crippen molar-refractivity contribution in [1.29, 1.82) is 0 Å². The SMILES string of the molecule is CCCNc1cccc(N(CC(N)=O)C(C)C)n1. The van der Waals surface area contributed by atoms with Crippen LogP contribution < -0.4 is 16.0 Å². The summed E-state index contributed by atoms with van der Waals surface area (Å²) in [5.74, 6) is 1.24. The number of primary amides is 1. The lowest BCUT2D eigenvalue weighted by Crippen LogP contribution is -2.39. The van der Waals surface area contributed by atoms with Gasteiger partial charge in [-0.15, -0.1) is 0 Å². The van der Waals surface area contributed by atoms with Gasteiger partial charge in [-0.25, -0.2) is 4.98 Å². The largest absolute Gasteiger partial charge is 0.370 e. The topological polar surface area (TPSA) is 71.2 Å². The summed E-state index contributed by atoms with van der Waals surface area (Å²) in [4.78, 5) is 17.5. The van der Waals surface area contributed by atoms with Gasteiger partial charge in [-0.2, -0.15) is 0 Å². The fourth-order valence-electron chi connectivity index (χ4n) is 1.63. The number of nitrogens with one attached hydrogen (secondary N) is 1. The van der Waals surface area contributed by atoms with Gasteiger partial charge in [0.15, 0.2) is 0 Å². The Hall–Kier alpha value is -1.78. The maximum Gasteiger partial charge on any atom is 0.237 e. The Balaban J connectivity index is 2.87. The van der Waals surface area contributed by atoms with Crippen molar-refractivity contribution in [2.75, 3.05) is 23.3 Å². The standard InChI is InChI=1S/C13H22N4O/c1-4-8-15-12-6-5-7-13(16-12)17(10(2)3)9-11(14)18/h5-7,10H,4,8-9H2,1-3H3,(H2,14,18)(H,15,16). The van der Waals surface area contributed by atoms with Crippen LogP contribution in [0.3, 0.4) is 0 Å². The van der Waals surface area contributed by atoms with Crippen molar-refractivity contribution in [2.24, 2.45) is 5.73 Å². The Morgan fingerprint density at radius 2 is 2.22 bits per heavy atom. The molecule has 0 bridgehead atoms. The lowest BCUT2D eigenvalue weighted by atomic mass is 10.3. The average molecular weight is 250 g/mol. The third kappa shape index (κ3) is 4.24. The molecule has 0 aliphatic carbocycles. The molecule has 0 unspecified atom stereocenters. The second-order valence-electron chi connectivity index (χ2n) is 4.50. The lowest BCUT2D eigenvalue weighted by Gasteiger charge is -2.26. The van der Waals surface area contributed by atoms with Crippen LogP contribution in [0.5, 0.6) is 0 Å². The molecule has 0 saturated heterocycles. The molecule has 100 valence electrons. The Morgan fingerprint density at radius 1 is 1.50 bits per heavy atom. The van der Waals surface area contributed by atoms with Crippen LogP contribution in [-0.4, -0.2) is 30.0 Å². The molecule has 18 heavy (non-hydrogen) atoms. The van der Waals surface area contributed by atoms with E-state index in [0.29, 0.717) is 0 Å². The predicted octanol–water partition coefficient (Wildman–Crippen LogP) is 1.60. The number of aromatic nitrogens is 1. The van der Waals surface area contributed by atoms with E-state index in [1.165, 1.54) is 0 Å². The third-order valence-electron chi connectivity index (χ3n) is 2.53. The zero-order valence-corrected chi connectivity index (χ0v) is 11.3. The van der Waals surface area contributed by atoms with E-state index in [1.54, 1.807) is 0 Å². The highest BCUT2D eigenvalue weighted by atomic mass is 16.1. The van der Waals surface area contributed by atoms with Crippen LogP contribution in [0.2, 0.25) is 0 Å². The van der Waals surface area contributed by atoms with Crippen LogP contribution in [0, 0.1) is 0 Å². The molecule has 0 aliphatic rings. The highest BCUT2D eigenvalue weighted by Crippen LogP contribution is 2.16. The summed E-state index contributed by atoms with van der Waals surface area (Å²) in [5.41, 5.74) is 5.26. The quantitative estimate of drug-likeness (QED) is 0.771. The summed E-state index contributed by atoms with van der Waals surface area (Å²) in [5, 5.41) is 3.23. The first-order valence-electron chi connectivity index (χ1n) is 6.30. The number of hydrogen-bond donors (Lipinski definition) is 2. The number of carbonyl (C=O) groups is 1. The Bertz CT molecular complexity index is 392. The first-order valence-corrected chi connectivity index (χ1v) is 6.30. The van der Waals surface area contributed by atoms with E-state index in [-0.39, 0.29) is 18.5 Å². The number of nitrogens with two attached hydrogens (primary N) is 1. The molecule has 3 N–H and O–H groups in total. The molecule has 1 amide bonds. The molecule has 5 nitrogen and oxygen atoms in total. The molecule has 0 aliphatic heterocycles. The molecular formula is C13H22N4O. The van der Waals surface area contributed by atoms with Crippen molar-refractivity contribution in [2.45, 2.75) is 33.2 Å². The monoisotopic (exact) mass is 250 g/mol. The Labute approximate surface area is 108 Å². The van der Waals surface area contributed by atoms with Gasteiger partial charge in [-0.3, -0.25) is 4.79 Å². The lowest BCUT2D eigenvalue weighted by molar-refractivity contribution is -0.116. The number of pyridine rings is 1. The van der Waals surface area contributed by atoms with E-state index < -0.39 is 0 Å². The van der Waals surface area contributed by atoms with Gasteiger partial charge in [-0.05, 0) is 32.4 Å². The molecule has 0 spiro atoms. The van der Waals surface area contributed by atoms with Crippen molar-refractivity contribution in [3.8, 4) is 0 Å². The summed E-state index contributed by atoms with van der Waals surface area (Å²) in [7, 11) is 0. The van der Waals surface area contributed by atoms with Crippen molar-refractivity contribution in [1.82, 2.24) is 4.98 Å². The second-order valence-corrected chi connectivity index (χ2v) is 4.50.